The number of rotatable bonds is 3. The summed E-state index contributed by atoms with van der Waals surface area (Å²) in [6.45, 7) is 4.09. The second-order valence-corrected chi connectivity index (χ2v) is 5.39. The molecule has 0 saturated carbocycles. The van der Waals surface area contributed by atoms with E-state index in [9.17, 15) is 9.59 Å². The van der Waals surface area contributed by atoms with E-state index in [1.54, 1.807) is 16.2 Å². The van der Waals surface area contributed by atoms with Gasteiger partial charge in [0, 0.05) is 25.0 Å². The van der Waals surface area contributed by atoms with Crippen molar-refractivity contribution in [1.29, 1.82) is 0 Å². The highest BCUT2D eigenvalue weighted by atomic mass is 79.9. The minimum absolute atomic E-state index is 0.231. The van der Waals surface area contributed by atoms with Crippen LogP contribution in [0.15, 0.2) is 21.5 Å². The number of pyridine rings is 1. The Balaban J connectivity index is 2.51. The van der Waals surface area contributed by atoms with Gasteiger partial charge < -0.3 is 9.67 Å². The van der Waals surface area contributed by atoms with Crippen LogP contribution in [-0.2, 0) is 13.6 Å². The van der Waals surface area contributed by atoms with Crippen molar-refractivity contribution in [3.8, 4) is 0 Å². The van der Waals surface area contributed by atoms with Crippen LogP contribution < -0.4 is 5.43 Å². The number of halogens is 1. The summed E-state index contributed by atoms with van der Waals surface area (Å²) in [7, 11) is 1.82. The first-order valence-corrected chi connectivity index (χ1v) is 6.73. The summed E-state index contributed by atoms with van der Waals surface area (Å²) < 4.78 is 4.35. The Morgan fingerprint density at radius 1 is 1.45 bits per heavy atom. The number of aryl methyl sites for hydroxylation is 3. The fourth-order valence-corrected chi connectivity index (χ4v) is 2.48. The Bertz CT molecular complexity index is 746. The molecule has 0 spiro atoms. The lowest BCUT2D eigenvalue weighted by molar-refractivity contribution is 0.0694. The smallest absolute Gasteiger partial charge is 0.341 e. The van der Waals surface area contributed by atoms with Gasteiger partial charge in [0.05, 0.1) is 22.4 Å². The third-order valence-electron chi connectivity index (χ3n) is 3.16. The van der Waals surface area contributed by atoms with Crippen LogP contribution >= 0.6 is 15.9 Å². The molecule has 106 valence electrons. The molecular formula is C13H14BrN3O3. The van der Waals surface area contributed by atoms with Gasteiger partial charge in [-0.15, -0.1) is 0 Å². The molecule has 0 aromatic carbocycles. The third kappa shape index (κ3) is 2.53. The molecule has 7 heteroatoms. The molecule has 6 nitrogen and oxygen atoms in total. The Morgan fingerprint density at radius 2 is 2.10 bits per heavy atom. The van der Waals surface area contributed by atoms with Crippen LogP contribution in [0.25, 0.3) is 0 Å². The monoisotopic (exact) mass is 339 g/mol. The predicted octanol–water partition coefficient (Wildman–Crippen LogP) is 1.71. The summed E-state index contributed by atoms with van der Waals surface area (Å²) in [6, 6.07) is 1.33. The van der Waals surface area contributed by atoms with Crippen LogP contribution in [0.4, 0.5) is 0 Å². The van der Waals surface area contributed by atoms with Crippen LogP contribution in [0.2, 0.25) is 0 Å². The van der Waals surface area contributed by atoms with Crippen molar-refractivity contribution in [2.24, 2.45) is 7.05 Å². The molecule has 0 aliphatic heterocycles. The number of aromatic nitrogens is 3. The van der Waals surface area contributed by atoms with Crippen molar-refractivity contribution < 1.29 is 9.90 Å². The molecule has 0 unspecified atom stereocenters. The standard InChI is InChI=1S/C13H14BrN3O3/c1-7-4-11(18)9(13(19)20)5-17(7)6-10-12(14)8(2)15-16(10)3/h4-5H,6H2,1-3H3,(H,19,20). The first-order chi connectivity index (χ1) is 9.31. The first-order valence-electron chi connectivity index (χ1n) is 5.93. The highest BCUT2D eigenvalue weighted by Crippen LogP contribution is 2.21. The zero-order valence-corrected chi connectivity index (χ0v) is 12.9. The maximum Gasteiger partial charge on any atom is 0.341 e. The highest BCUT2D eigenvalue weighted by molar-refractivity contribution is 9.10. The lowest BCUT2D eigenvalue weighted by atomic mass is 10.2. The van der Waals surface area contributed by atoms with Crippen molar-refractivity contribution in [2.75, 3.05) is 0 Å². The zero-order chi connectivity index (χ0) is 15.0. The van der Waals surface area contributed by atoms with Crippen LogP contribution in [-0.4, -0.2) is 25.4 Å². The first kappa shape index (κ1) is 14.5. The predicted molar refractivity (Wildman–Crippen MR) is 77.1 cm³/mol. The molecule has 0 atom stereocenters. The molecule has 0 bridgehead atoms. The summed E-state index contributed by atoms with van der Waals surface area (Å²) in [5.41, 5.74) is 1.76. The molecule has 2 aromatic heterocycles. The minimum atomic E-state index is -1.22. The van der Waals surface area contributed by atoms with E-state index in [0.717, 1.165) is 15.9 Å². The number of carboxylic acid groups (broad SMARTS) is 1. The normalized spacial score (nSPS) is 10.8. The molecule has 0 saturated heterocycles. The van der Waals surface area contributed by atoms with Gasteiger partial charge in [-0.2, -0.15) is 5.10 Å². The van der Waals surface area contributed by atoms with E-state index < -0.39 is 11.4 Å². The summed E-state index contributed by atoms with van der Waals surface area (Å²) in [5.74, 6) is -1.22. The van der Waals surface area contributed by atoms with Gasteiger partial charge in [0.25, 0.3) is 0 Å². The Hall–Kier alpha value is -1.89. The van der Waals surface area contributed by atoms with E-state index in [-0.39, 0.29) is 5.56 Å². The Kier molecular flexibility index (Phi) is 3.80. The van der Waals surface area contributed by atoms with Gasteiger partial charge in [0.1, 0.15) is 5.56 Å². The van der Waals surface area contributed by atoms with Crippen LogP contribution in [0.1, 0.15) is 27.4 Å². The maximum absolute atomic E-state index is 11.6. The van der Waals surface area contributed by atoms with Gasteiger partial charge in [0.15, 0.2) is 5.43 Å². The van der Waals surface area contributed by atoms with Crippen molar-refractivity contribution in [3.05, 3.63) is 49.6 Å². The third-order valence-corrected chi connectivity index (χ3v) is 4.19. The molecule has 20 heavy (non-hydrogen) atoms. The van der Waals surface area contributed by atoms with Crippen molar-refractivity contribution in [1.82, 2.24) is 14.3 Å². The number of hydrogen-bond acceptors (Lipinski definition) is 3. The van der Waals surface area contributed by atoms with Crippen molar-refractivity contribution in [3.63, 3.8) is 0 Å². The van der Waals surface area contributed by atoms with E-state index in [4.69, 9.17) is 5.11 Å². The molecule has 0 aliphatic carbocycles. The van der Waals surface area contributed by atoms with Crippen molar-refractivity contribution in [2.45, 2.75) is 20.4 Å². The molecular weight excluding hydrogens is 326 g/mol. The molecule has 2 rings (SSSR count). The summed E-state index contributed by atoms with van der Waals surface area (Å²) in [6.07, 6.45) is 1.37. The zero-order valence-electron chi connectivity index (χ0n) is 11.3. The number of aromatic carboxylic acids is 1. The maximum atomic E-state index is 11.6. The van der Waals surface area contributed by atoms with Gasteiger partial charge in [-0.3, -0.25) is 9.48 Å². The largest absolute Gasteiger partial charge is 0.477 e. The van der Waals surface area contributed by atoms with Crippen LogP contribution in [0.3, 0.4) is 0 Å². The lowest BCUT2D eigenvalue weighted by Gasteiger charge is -2.12. The molecule has 2 aromatic rings. The second-order valence-electron chi connectivity index (χ2n) is 4.60. The fourth-order valence-electron chi connectivity index (χ4n) is 2.02. The molecule has 1 N–H and O–H groups in total. The minimum Gasteiger partial charge on any atom is -0.477 e. The quantitative estimate of drug-likeness (QED) is 0.923. The molecule has 0 fully saturated rings. The average molecular weight is 340 g/mol. The highest BCUT2D eigenvalue weighted by Gasteiger charge is 2.14. The number of carbonyl (C=O) groups is 1. The van der Waals surface area contributed by atoms with Crippen molar-refractivity contribution >= 4 is 21.9 Å². The summed E-state index contributed by atoms with van der Waals surface area (Å²) in [4.78, 5) is 22.6. The van der Waals surface area contributed by atoms with Gasteiger partial charge in [-0.25, -0.2) is 4.79 Å². The van der Waals surface area contributed by atoms with E-state index in [1.165, 1.54) is 12.3 Å². The lowest BCUT2D eigenvalue weighted by Crippen LogP contribution is -2.20. The fraction of sp³-hybridized carbons (Fsp3) is 0.308. The topological polar surface area (TPSA) is 77.1 Å². The van der Waals surface area contributed by atoms with Gasteiger partial charge in [-0.05, 0) is 29.8 Å². The molecule has 2 heterocycles. The SMILES string of the molecule is Cc1nn(C)c(Cn2cc(C(=O)O)c(=O)cc2C)c1Br. The van der Waals surface area contributed by atoms with E-state index in [0.29, 0.717) is 12.2 Å². The summed E-state index contributed by atoms with van der Waals surface area (Å²) >= 11 is 3.47. The number of nitrogens with zero attached hydrogens (tertiary/aromatic N) is 3. The van der Waals surface area contributed by atoms with Gasteiger partial charge in [0.2, 0.25) is 0 Å². The molecule has 0 amide bonds. The van der Waals surface area contributed by atoms with E-state index in [1.807, 2.05) is 14.0 Å². The Labute approximate surface area is 123 Å². The second kappa shape index (κ2) is 5.24. The number of hydrogen-bond donors (Lipinski definition) is 1. The van der Waals surface area contributed by atoms with E-state index in [2.05, 4.69) is 21.0 Å². The van der Waals surface area contributed by atoms with Crippen LogP contribution in [0.5, 0.6) is 0 Å². The number of carboxylic acids is 1. The van der Waals surface area contributed by atoms with Crippen LogP contribution in [0, 0.1) is 13.8 Å². The van der Waals surface area contributed by atoms with Gasteiger partial charge >= 0.3 is 5.97 Å². The molecule has 0 radical (unpaired) electrons. The Morgan fingerprint density at radius 3 is 2.60 bits per heavy atom. The average Bonchev–Trinajstić information content (AvgIpc) is 2.58. The molecule has 0 aliphatic rings. The summed E-state index contributed by atoms with van der Waals surface area (Å²) in [5, 5.41) is 13.3. The van der Waals surface area contributed by atoms with Gasteiger partial charge in [-0.1, -0.05) is 0 Å². The van der Waals surface area contributed by atoms with E-state index >= 15 is 0 Å².